The van der Waals surface area contributed by atoms with Crippen molar-refractivity contribution in [2.45, 2.75) is 6.92 Å². The molecule has 0 aromatic heterocycles. The molecule has 1 amide bonds. The Hall–Kier alpha value is -1.82. The Balaban J connectivity index is 2.91. The molecule has 3 heteroatoms. The highest BCUT2D eigenvalue weighted by Crippen LogP contribution is 2.09. The largest absolute Gasteiger partial charge is 0.328 e. The van der Waals surface area contributed by atoms with Gasteiger partial charge in [0.25, 0.3) is 5.91 Å². The van der Waals surface area contributed by atoms with Crippen LogP contribution in [0.4, 0.5) is 0 Å². The maximum absolute atomic E-state index is 11.7. The van der Waals surface area contributed by atoms with Gasteiger partial charge in [-0.2, -0.15) is 5.26 Å². The minimum absolute atomic E-state index is 0.107. The highest BCUT2D eigenvalue weighted by Gasteiger charge is 2.12. The van der Waals surface area contributed by atoms with Crippen LogP contribution in [0.5, 0.6) is 0 Å². The van der Waals surface area contributed by atoms with Gasteiger partial charge in [-0.3, -0.25) is 4.79 Å². The quantitative estimate of drug-likeness (QED) is 0.661. The van der Waals surface area contributed by atoms with E-state index >= 15 is 0 Å². The number of carbonyl (C=O) groups excluding carboxylic acids is 1. The minimum Gasteiger partial charge on any atom is -0.328 e. The molecule has 0 bridgehead atoms. The van der Waals surface area contributed by atoms with E-state index in [1.807, 2.05) is 31.2 Å². The third-order valence-electron chi connectivity index (χ3n) is 2.03. The molecule has 0 N–H and O–H groups in total. The van der Waals surface area contributed by atoms with Crippen molar-refractivity contribution in [1.82, 2.24) is 4.90 Å². The summed E-state index contributed by atoms with van der Waals surface area (Å²) in [4.78, 5) is 13.1. The van der Waals surface area contributed by atoms with Crippen molar-refractivity contribution in [2.75, 3.05) is 13.6 Å². The first-order chi connectivity index (χ1) is 6.66. The van der Waals surface area contributed by atoms with Gasteiger partial charge < -0.3 is 4.90 Å². The maximum Gasteiger partial charge on any atom is 0.254 e. The number of aryl methyl sites for hydroxylation is 1. The van der Waals surface area contributed by atoms with Gasteiger partial charge in [-0.1, -0.05) is 18.2 Å². The summed E-state index contributed by atoms with van der Waals surface area (Å²) in [7, 11) is 1.62. The van der Waals surface area contributed by atoms with Crippen LogP contribution in [-0.2, 0) is 0 Å². The summed E-state index contributed by atoms with van der Waals surface area (Å²) in [6, 6.07) is 9.30. The van der Waals surface area contributed by atoms with Crippen LogP contribution in [0.2, 0.25) is 0 Å². The fraction of sp³-hybridized carbons (Fsp3) is 0.273. The predicted molar refractivity (Wildman–Crippen MR) is 53.8 cm³/mol. The third-order valence-corrected chi connectivity index (χ3v) is 2.03. The molecular formula is C11H12N2O. The lowest BCUT2D eigenvalue weighted by Gasteiger charge is -2.14. The zero-order valence-electron chi connectivity index (χ0n) is 8.32. The van der Waals surface area contributed by atoms with Crippen molar-refractivity contribution in [3.05, 3.63) is 35.4 Å². The summed E-state index contributed by atoms with van der Waals surface area (Å²) in [5.41, 5.74) is 1.59. The monoisotopic (exact) mass is 188 g/mol. The molecule has 3 nitrogen and oxygen atoms in total. The predicted octanol–water partition coefficient (Wildman–Crippen LogP) is 1.59. The van der Waals surface area contributed by atoms with Crippen LogP contribution in [0.25, 0.3) is 0 Å². The average Bonchev–Trinajstić information content (AvgIpc) is 2.18. The number of hydrogen-bond donors (Lipinski definition) is 0. The number of benzene rings is 1. The summed E-state index contributed by atoms with van der Waals surface area (Å²) in [6.07, 6.45) is 0. The molecule has 0 aliphatic heterocycles. The fourth-order valence-corrected chi connectivity index (χ4v) is 1.20. The first-order valence-electron chi connectivity index (χ1n) is 4.35. The lowest BCUT2D eigenvalue weighted by atomic mass is 10.1. The molecule has 1 aromatic rings. The van der Waals surface area contributed by atoms with Crippen molar-refractivity contribution in [2.24, 2.45) is 0 Å². The van der Waals surface area contributed by atoms with Gasteiger partial charge in [0.15, 0.2) is 0 Å². The van der Waals surface area contributed by atoms with Gasteiger partial charge in [-0.05, 0) is 18.6 Å². The zero-order chi connectivity index (χ0) is 10.6. The number of carbonyl (C=O) groups is 1. The molecule has 0 aliphatic carbocycles. The number of rotatable bonds is 2. The van der Waals surface area contributed by atoms with E-state index in [4.69, 9.17) is 5.26 Å². The number of hydrogen-bond acceptors (Lipinski definition) is 2. The fourth-order valence-electron chi connectivity index (χ4n) is 1.20. The standard InChI is InChI=1S/C11H12N2O/c1-9-5-3-4-6-10(9)11(14)13(2)8-7-12/h3-6H,8H2,1-2H3. The minimum atomic E-state index is -0.107. The molecule has 72 valence electrons. The highest BCUT2D eigenvalue weighted by atomic mass is 16.2. The van der Waals surface area contributed by atoms with Crippen LogP contribution >= 0.6 is 0 Å². The van der Waals surface area contributed by atoms with Gasteiger partial charge >= 0.3 is 0 Å². The molecule has 1 aromatic carbocycles. The Labute approximate surface area is 83.6 Å². The van der Waals surface area contributed by atoms with E-state index in [9.17, 15) is 4.79 Å². The molecule has 0 heterocycles. The topological polar surface area (TPSA) is 44.1 Å². The van der Waals surface area contributed by atoms with E-state index in [0.29, 0.717) is 5.56 Å². The van der Waals surface area contributed by atoms with Gasteiger partial charge in [0, 0.05) is 12.6 Å². The molecule has 1 rings (SSSR count). The van der Waals surface area contributed by atoms with Crippen LogP contribution in [0, 0.1) is 18.3 Å². The molecule has 0 spiro atoms. The van der Waals surface area contributed by atoms with Gasteiger partial charge in [0.1, 0.15) is 6.54 Å². The number of nitrogens with zero attached hydrogens (tertiary/aromatic N) is 2. The van der Waals surface area contributed by atoms with Gasteiger partial charge in [0.05, 0.1) is 6.07 Å². The highest BCUT2D eigenvalue weighted by molar-refractivity contribution is 5.95. The van der Waals surface area contributed by atoms with E-state index in [0.717, 1.165) is 5.56 Å². The number of amides is 1. The van der Waals surface area contributed by atoms with E-state index in [-0.39, 0.29) is 12.5 Å². The Kier molecular flexibility index (Phi) is 3.24. The van der Waals surface area contributed by atoms with Crippen LogP contribution in [-0.4, -0.2) is 24.4 Å². The van der Waals surface area contributed by atoms with Crippen molar-refractivity contribution in [3.8, 4) is 6.07 Å². The summed E-state index contributed by atoms with van der Waals surface area (Å²) in [6.45, 7) is 2.00. The molecular weight excluding hydrogens is 176 g/mol. The maximum atomic E-state index is 11.7. The first-order valence-corrected chi connectivity index (χ1v) is 4.35. The second kappa shape index (κ2) is 4.43. The summed E-state index contributed by atoms with van der Waals surface area (Å²) >= 11 is 0. The van der Waals surface area contributed by atoms with Crippen molar-refractivity contribution < 1.29 is 4.79 Å². The van der Waals surface area contributed by atoms with Crippen molar-refractivity contribution >= 4 is 5.91 Å². The molecule has 0 unspecified atom stereocenters. The molecule has 14 heavy (non-hydrogen) atoms. The molecule has 0 fully saturated rings. The Bertz CT molecular complexity index is 379. The SMILES string of the molecule is Cc1ccccc1C(=O)N(C)CC#N. The smallest absolute Gasteiger partial charge is 0.254 e. The van der Waals surface area contributed by atoms with E-state index in [2.05, 4.69) is 0 Å². The van der Waals surface area contributed by atoms with Crippen LogP contribution in [0.1, 0.15) is 15.9 Å². The van der Waals surface area contributed by atoms with Gasteiger partial charge in [-0.25, -0.2) is 0 Å². The van der Waals surface area contributed by atoms with Gasteiger partial charge in [0.2, 0.25) is 0 Å². The summed E-state index contributed by atoms with van der Waals surface area (Å²) < 4.78 is 0. The third kappa shape index (κ3) is 2.11. The second-order valence-electron chi connectivity index (χ2n) is 3.13. The molecule has 0 radical (unpaired) electrons. The van der Waals surface area contributed by atoms with Crippen molar-refractivity contribution in [1.29, 1.82) is 5.26 Å². The molecule has 0 atom stereocenters. The van der Waals surface area contributed by atoms with Crippen LogP contribution < -0.4 is 0 Å². The van der Waals surface area contributed by atoms with E-state index < -0.39 is 0 Å². The lowest BCUT2D eigenvalue weighted by Crippen LogP contribution is -2.27. The normalized spacial score (nSPS) is 9.21. The Morgan fingerprint density at radius 3 is 2.71 bits per heavy atom. The first kappa shape index (κ1) is 10.3. The Morgan fingerprint density at radius 1 is 1.50 bits per heavy atom. The molecule has 0 saturated carbocycles. The molecule has 0 saturated heterocycles. The lowest BCUT2D eigenvalue weighted by molar-refractivity contribution is 0.0811. The average molecular weight is 188 g/mol. The second-order valence-corrected chi connectivity index (χ2v) is 3.13. The number of nitriles is 1. The van der Waals surface area contributed by atoms with Crippen molar-refractivity contribution in [3.63, 3.8) is 0 Å². The Morgan fingerprint density at radius 2 is 2.14 bits per heavy atom. The van der Waals surface area contributed by atoms with Crippen LogP contribution in [0.3, 0.4) is 0 Å². The van der Waals surface area contributed by atoms with E-state index in [1.54, 1.807) is 13.1 Å². The zero-order valence-corrected chi connectivity index (χ0v) is 8.32. The molecule has 0 aliphatic rings. The summed E-state index contributed by atoms with van der Waals surface area (Å²) in [5.74, 6) is -0.107. The van der Waals surface area contributed by atoms with Crippen LogP contribution in [0.15, 0.2) is 24.3 Å². The summed E-state index contributed by atoms with van der Waals surface area (Å²) in [5, 5.41) is 8.46. The van der Waals surface area contributed by atoms with Gasteiger partial charge in [-0.15, -0.1) is 0 Å². The van der Waals surface area contributed by atoms with E-state index in [1.165, 1.54) is 4.90 Å².